The molecule has 0 aromatic carbocycles. The highest BCUT2D eigenvalue weighted by molar-refractivity contribution is 4.98. The van der Waals surface area contributed by atoms with E-state index in [9.17, 15) is 4.79 Å². The predicted octanol–water partition coefficient (Wildman–Crippen LogP) is 0.0188. The maximum atomic E-state index is 11.2. The lowest BCUT2D eigenvalue weighted by Gasteiger charge is -1.92. The Kier molecular flexibility index (Phi) is 1.81. The molecule has 1 heterocycles. The van der Waals surface area contributed by atoms with Crippen molar-refractivity contribution in [1.29, 1.82) is 5.26 Å². The predicted molar refractivity (Wildman–Crippen MR) is 40.0 cm³/mol. The van der Waals surface area contributed by atoms with E-state index in [0.717, 1.165) is 5.69 Å². The molecule has 0 aliphatic carbocycles. The molecule has 0 unspecified atom stereocenters. The van der Waals surface area contributed by atoms with Crippen molar-refractivity contribution in [3.05, 3.63) is 22.4 Å². The summed E-state index contributed by atoms with van der Waals surface area (Å²) in [5, 5.41) is 8.36. The molecular weight excluding hydrogens is 142 g/mol. The Bertz CT molecular complexity index is 353. The fourth-order valence-electron chi connectivity index (χ4n) is 1.01. The van der Waals surface area contributed by atoms with Crippen LogP contribution in [0.3, 0.4) is 0 Å². The normalized spacial score (nSPS) is 9.55. The van der Waals surface area contributed by atoms with Gasteiger partial charge >= 0.3 is 5.69 Å². The van der Waals surface area contributed by atoms with Crippen LogP contribution in [-0.2, 0) is 13.6 Å². The van der Waals surface area contributed by atoms with Gasteiger partial charge in [0.05, 0.1) is 6.07 Å². The summed E-state index contributed by atoms with van der Waals surface area (Å²) in [7, 11) is 1.67. The Labute approximate surface area is 64.3 Å². The summed E-state index contributed by atoms with van der Waals surface area (Å²) in [4.78, 5) is 11.2. The summed E-state index contributed by atoms with van der Waals surface area (Å²) in [6, 6.07) is 1.93. The molecule has 1 aromatic rings. The van der Waals surface area contributed by atoms with E-state index >= 15 is 0 Å². The summed E-state index contributed by atoms with van der Waals surface area (Å²) in [6.45, 7) is 1.93. The molecule has 0 atom stereocenters. The fraction of sp³-hybridized carbons (Fsp3) is 0.429. The molecule has 11 heavy (non-hydrogen) atoms. The first-order valence-corrected chi connectivity index (χ1v) is 3.26. The molecule has 0 aliphatic heterocycles. The first-order valence-electron chi connectivity index (χ1n) is 3.26. The standard InChI is InChI=1S/C7H9N3O/c1-6-5-9(2)7(11)10(6)4-3-8/h5H,4H2,1-2H3. The zero-order chi connectivity index (χ0) is 8.43. The smallest absolute Gasteiger partial charge is 0.302 e. The highest BCUT2D eigenvalue weighted by Gasteiger charge is 2.02. The van der Waals surface area contributed by atoms with Gasteiger partial charge in [0.2, 0.25) is 0 Å². The SMILES string of the molecule is Cc1cn(C)c(=O)n1CC#N. The van der Waals surface area contributed by atoms with E-state index < -0.39 is 0 Å². The monoisotopic (exact) mass is 151 g/mol. The third kappa shape index (κ3) is 1.17. The Morgan fingerprint density at radius 2 is 2.36 bits per heavy atom. The summed E-state index contributed by atoms with van der Waals surface area (Å²) < 4.78 is 2.90. The molecule has 4 nitrogen and oxygen atoms in total. The highest BCUT2D eigenvalue weighted by Crippen LogP contribution is 1.91. The van der Waals surface area contributed by atoms with Crippen LogP contribution in [0, 0.1) is 18.3 Å². The third-order valence-electron chi connectivity index (χ3n) is 1.57. The minimum atomic E-state index is -0.135. The van der Waals surface area contributed by atoms with Gasteiger partial charge in [-0.15, -0.1) is 0 Å². The van der Waals surface area contributed by atoms with Crippen LogP contribution in [0.4, 0.5) is 0 Å². The van der Waals surface area contributed by atoms with Crippen LogP contribution in [-0.4, -0.2) is 9.13 Å². The quantitative estimate of drug-likeness (QED) is 0.568. The molecule has 0 amide bonds. The summed E-state index contributed by atoms with van der Waals surface area (Å²) in [5.74, 6) is 0. The van der Waals surface area contributed by atoms with E-state index in [4.69, 9.17) is 5.26 Å². The van der Waals surface area contributed by atoms with Gasteiger partial charge in [0, 0.05) is 18.9 Å². The van der Waals surface area contributed by atoms with Gasteiger partial charge in [-0.1, -0.05) is 0 Å². The van der Waals surface area contributed by atoms with Gasteiger partial charge in [0.1, 0.15) is 6.54 Å². The average Bonchev–Trinajstić information content (AvgIpc) is 2.17. The van der Waals surface area contributed by atoms with E-state index in [1.54, 1.807) is 20.2 Å². The lowest BCUT2D eigenvalue weighted by atomic mass is 10.5. The number of aryl methyl sites for hydroxylation is 2. The lowest BCUT2D eigenvalue weighted by molar-refractivity contribution is 0.723. The van der Waals surface area contributed by atoms with Crippen molar-refractivity contribution >= 4 is 0 Å². The second-order valence-electron chi connectivity index (χ2n) is 2.41. The van der Waals surface area contributed by atoms with Crippen LogP contribution in [0.5, 0.6) is 0 Å². The summed E-state index contributed by atoms with van der Waals surface area (Å²) >= 11 is 0. The molecule has 0 saturated carbocycles. The zero-order valence-electron chi connectivity index (χ0n) is 6.53. The molecule has 0 bridgehead atoms. The molecule has 0 radical (unpaired) electrons. The van der Waals surface area contributed by atoms with Gasteiger partial charge in [0.25, 0.3) is 0 Å². The van der Waals surface area contributed by atoms with Crippen LogP contribution in [0.15, 0.2) is 11.0 Å². The van der Waals surface area contributed by atoms with Crippen LogP contribution in [0.1, 0.15) is 5.69 Å². The molecule has 0 saturated heterocycles. The van der Waals surface area contributed by atoms with Gasteiger partial charge in [-0.05, 0) is 6.92 Å². The maximum Gasteiger partial charge on any atom is 0.328 e. The topological polar surface area (TPSA) is 50.7 Å². The molecule has 0 aliphatic rings. The van der Waals surface area contributed by atoms with E-state index in [1.807, 2.05) is 6.07 Å². The number of hydrogen-bond donors (Lipinski definition) is 0. The van der Waals surface area contributed by atoms with Crippen molar-refractivity contribution in [3.8, 4) is 6.07 Å². The van der Waals surface area contributed by atoms with Crippen molar-refractivity contribution in [3.63, 3.8) is 0 Å². The minimum Gasteiger partial charge on any atom is -0.302 e. The molecule has 1 rings (SSSR count). The average molecular weight is 151 g/mol. The van der Waals surface area contributed by atoms with Gasteiger partial charge in [-0.3, -0.25) is 4.57 Å². The van der Waals surface area contributed by atoms with E-state index in [2.05, 4.69) is 0 Å². The largest absolute Gasteiger partial charge is 0.328 e. The molecule has 0 fully saturated rings. The lowest BCUT2D eigenvalue weighted by Crippen LogP contribution is -2.22. The molecule has 58 valence electrons. The van der Waals surface area contributed by atoms with E-state index in [-0.39, 0.29) is 12.2 Å². The van der Waals surface area contributed by atoms with Gasteiger partial charge < -0.3 is 4.57 Å². The van der Waals surface area contributed by atoms with Crippen LogP contribution in [0.25, 0.3) is 0 Å². The van der Waals surface area contributed by atoms with Crippen LogP contribution in [0.2, 0.25) is 0 Å². The van der Waals surface area contributed by atoms with Crippen molar-refractivity contribution in [2.75, 3.05) is 0 Å². The number of aromatic nitrogens is 2. The molecule has 1 aromatic heterocycles. The highest BCUT2D eigenvalue weighted by atomic mass is 16.1. The Morgan fingerprint density at radius 3 is 2.73 bits per heavy atom. The molecule has 0 spiro atoms. The van der Waals surface area contributed by atoms with Crippen molar-refractivity contribution in [1.82, 2.24) is 9.13 Å². The van der Waals surface area contributed by atoms with E-state index in [0.29, 0.717) is 0 Å². The molecular formula is C7H9N3O. The van der Waals surface area contributed by atoms with Crippen molar-refractivity contribution < 1.29 is 0 Å². The van der Waals surface area contributed by atoms with Crippen LogP contribution >= 0.6 is 0 Å². The number of rotatable bonds is 1. The zero-order valence-corrected chi connectivity index (χ0v) is 6.53. The molecule has 4 heteroatoms. The second kappa shape index (κ2) is 2.62. The van der Waals surface area contributed by atoms with Gasteiger partial charge in [-0.2, -0.15) is 5.26 Å². The summed E-state index contributed by atoms with van der Waals surface area (Å²) in [5.41, 5.74) is 0.683. The third-order valence-corrected chi connectivity index (χ3v) is 1.57. The summed E-state index contributed by atoms with van der Waals surface area (Å²) in [6.07, 6.45) is 1.71. The number of nitrogens with zero attached hydrogens (tertiary/aromatic N) is 3. The first kappa shape index (κ1) is 7.61. The van der Waals surface area contributed by atoms with Crippen LogP contribution < -0.4 is 5.69 Å². The molecule has 0 N–H and O–H groups in total. The van der Waals surface area contributed by atoms with Crippen molar-refractivity contribution in [2.24, 2.45) is 7.05 Å². The van der Waals surface area contributed by atoms with Gasteiger partial charge in [0.15, 0.2) is 0 Å². The van der Waals surface area contributed by atoms with E-state index in [1.165, 1.54) is 9.13 Å². The van der Waals surface area contributed by atoms with Crippen molar-refractivity contribution in [2.45, 2.75) is 13.5 Å². The minimum absolute atomic E-state index is 0.130. The first-order chi connectivity index (χ1) is 5.16. The number of nitriles is 1. The van der Waals surface area contributed by atoms with Gasteiger partial charge in [-0.25, -0.2) is 4.79 Å². The number of imidazole rings is 1. The Morgan fingerprint density at radius 1 is 1.73 bits per heavy atom. The second-order valence-corrected chi connectivity index (χ2v) is 2.41. The Balaban J connectivity index is 3.26. The maximum absolute atomic E-state index is 11.2. The fourth-order valence-corrected chi connectivity index (χ4v) is 1.01. The Hall–Kier alpha value is -1.50. The number of hydrogen-bond acceptors (Lipinski definition) is 2.